The molecule has 0 spiro atoms. The molecule has 1 aromatic heterocycles. The summed E-state index contributed by atoms with van der Waals surface area (Å²) in [5.74, 6) is 0.694. The van der Waals surface area contributed by atoms with E-state index in [1.165, 1.54) is 0 Å². The van der Waals surface area contributed by atoms with E-state index in [-0.39, 0.29) is 30.3 Å². The maximum Gasteiger partial charge on any atom is 0.247 e. The van der Waals surface area contributed by atoms with Crippen molar-refractivity contribution >= 4 is 34.2 Å². The third-order valence-corrected chi connectivity index (χ3v) is 7.60. The zero-order valence-corrected chi connectivity index (χ0v) is 23.1. The summed E-state index contributed by atoms with van der Waals surface area (Å²) >= 11 is 0. The quantitative estimate of drug-likeness (QED) is 0.290. The summed E-state index contributed by atoms with van der Waals surface area (Å²) in [6.45, 7) is 7.25. The number of aromatic nitrogens is 2. The SMILES string of the molecule is CCc1cccc(C)c1N(C(=O)Cn1c(C2CC(=O)N(c3ccccc3)C2)nc2ccccc21)C(C)COC. The van der Waals surface area contributed by atoms with Crippen LogP contribution < -0.4 is 9.80 Å². The van der Waals surface area contributed by atoms with Crippen LogP contribution in [0.15, 0.2) is 72.8 Å². The van der Waals surface area contributed by atoms with Crippen molar-refractivity contribution < 1.29 is 14.3 Å². The Kier molecular flexibility index (Phi) is 7.79. The van der Waals surface area contributed by atoms with Crippen molar-refractivity contribution in [3.05, 3.63) is 89.7 Å². The molecule has 3 aromatic carbocycles. The van der Waals surface area contributed by atoms with E-state index in [4.69, 9.17) is 9.72 Å². The molecule has 0 saturated carbocycles. The predicted molar refractivity (Wildman–Crippen MR) is 155 cm³/mol. The lowest BCUT2D eigenvalue weighted by molar-refractivity contribution is -0.120. The van der Waals surface area contributed by atoms with Gasteiger partial charge in [-0.25, -0.2) is 4.98 Å². The molecule has 2 atom stereocenters. The maximum absolute atomic E-state index is 14.3. The molecule has 0 aliphatic carbocycles. The zero-order valence-electron chi connectivity index (χ0n) is 23.1. The minimum absolute atomic E-state index is 0.0304. The van der Waals surface area contributed by atoms with Crippen molar-refractivity contribution in [2.24, 2.45) is 0 Å². The second kappa shape index (κ2) is 11.4. The van der Waals surface area contributed by atoms with Crippen LogP contribution in [0.25, 0.3) is 11.0 Å². The first-order valence-electron chi connectivity index (χ1n) is 13.6. The van der Waals surface area contributed by atoms with Gasteiger partial charge >= 0.3 is 0 Å². The van der Waals surface area contributed by atoms with E-state index in [9.17, 15) is 9.59 Å². The third kappa shape index (κ3) is 5.19. The summed E-state index contributed by atoms with van der Waals surface area (Å²) in [4.78, 5) is 36.0. The average Bonchev–Trinajstić information content (AvgIpc) is 3.50. The molecule has 0 bridgehead atoms. The Labute approximate surface area is 230 Å². The van der Waals surface area contributed by atoms with Gasteiger partial charge < -0.3 is 19.1 Å². The minimum atomic E-state index is -0.159. The molecule has 1 aliphatic rings. The first-order chi connectivity index (χ1) is 18.9. The van der Waals surface area contributed by atoms with E-state index in [0.717, 1.165) is 45.8 Å². The van der Waals surface area contributed by atoms with Crippen LogP contribution in [-0.2, 0) is 27.3 Å². The van der Waals surface area contributed by atoms with Gasteiger partial charge in [0.1, 0.15) is 12.4 Å². The van der Waals surface area contributed by atoms with Gasteiger partial charge in [-0.1, -0.05) is 55.5 Å². The number of rotatable bonds is 9. The van der Waals surface area contributed by atoms with Gasteiger partial charge in [0, 0.05) is 31.7 Å². The van der Waals surface area contributed by atoms with E-state index in [1.54, 1.807) is 7.11 Å². The number of hydrogen-bond donors (Lipinski definition) is 0. The molecule has 7 heteroatoms. The average molecular weight is 525 g/mol. The number of para-hydroxylation sites is 4. The number of aryl methyl sites for hydroxylation is 2. The standard InChI is InChI=1S/C32H36N4O3/c1-5-24-13-11-12-22(2)31(24)36(23(3)21-39-4)30(38)20-35-28-17-10-9-16-27(28)33-32(35)25-18-29(37)34(19-25)26-14-7-6-8-15-26/h6-17,23,25H,5,18-21H2,1-4H3. The number of carbonyl (C=O) groups is 2. The maximum atomic E-state index is 14.3. The van der Waals surface area contributed by atoms with Crippen molar-refractivity contribution in [3.63, 3.8) is 0 Å². The Balaban J connectivity index is 1.54. The Morgan fingerprint density at radius 3 is 2.56 bits per heavy atom. The molecule has 2 heterocycles. The van der Waals surface area contributed by atoms with E-state index in [0.29, 0.717) is 19.6 Å². The molecule has 39 heavy (non-hydrogen) atoms. The highest BCUT2D eigenvalue weighted by Gasteiger charge is 2.36. The Hall–Kier alpha value is -3.97. The molecule has 202 valence electrons. The van der Waals surface area contributed by atoms with Gasteiger partial charge in [0.2, 0.25) is 11.8 Å². The second-order valence-electron chi connectivity index (χ2n) is 10.3. The molecule has 2 unspecified atom stereocenters. The molecule has 1 saturated heterocycles. The van der Waals surface area contributed by atoms with E-state index in [1.807, 2.05) is 82.0 Å². The Bertz CT molecular complexity index is 1480. The number of methoxy groups -OCH3 is 1. The lowest BCUT2D eigenvalue weighted by Gasteiger charge is -2.32. The Morgan fingerprint density at radius 2 is 1.82 bits per heavy atom. The summed E-state index contributed by atoms with van der Waals surface area (Å²) in [5, 5.41) is 0. The summed E-state index contributed by atoms with van der Waals surface area (Å²) < 4.78 is 7.50. The number of ether oxygens (including phenoxy) is 1. The van der Waals surface area contributed by atoms with Crippen LogP contribution in [0.4, 0.5) is 11.4 Å². The summed E-state index contributed by atoms with van der Waals surface area (Å²) in [7, 11) is 1.66. The number of hydrogen-bond acceptors (Lipinski definition) is 4. The highest BCUT2D eigenvalue weighted by atomic mass is 16.5. The molecule has 5 rings (SSSR count). The van der Waals surface area contributed by atoms with Crippen LogP contribution in [0.1, 0.15) is 43.1 Å². The van der Waals surface area contributed by atoms with Crippen LogP contribution in [0.5, 0.6) is 0 Å². The van der Waals surface area contributed by atoms with E-state index in [2.05, 4.69) is 26.0 Å². The molecular formula is C32H36N4O3. The van der Waals surface area contributed by atoms with Crippen LogP contribution in [0.3, 0.4) is 0 Å². The third-order valence-electron chi connectivity index (χ3n) is 7.60. The largest absolute Gasteiger partial charge is 0.383 e. The fourth-order valence-corrected chi connectivity index (χ4v) is 5.78. The fraction of sp³-hybridized carbons (Fsp3) is 0.344. The van der Waals surface area contributed by atoms with Crippen LogP contribution in [0, 0.1) is 6.92 Å². The van der Waals surface area contributed by atoms with Gasteiger partial charge in [0.25, 0.3) is 0 Å². The summed E-state index contributed by atoms with van der Waals surface area (Å²) in [5.41, 5.74) is 5.74. The van der Waals surface area contributed by atoms with E-state index < -0.39 is 0 Å². The first-order valence-corrected chi connectivity index (χ1v) is 13.6. The molecule has 7 nitrogen and oxygen atoms in total. The topological polar surface area (TPSA) is 67.7 Å². The number of nitrogens with zero attached hydrogens (tertiary/aromatic N) is 4. The van der Waals surface area contributed by atoms with Gasteiger partial charge in [-0.3, -0.25) is 9.59 Å². The lowest BCUT2D eigenvalue weighted by Crippen LogP contribution is -2.44. The number of carbonyl (C=O) groups excluding carboxylic acids is 2. The number of amides is 2. The summed E-state index contributed by atoms with van der Waals surface area (Å²) in [6.07, 6.45) is 1.17. The highest BCUT2D eigenvalue weighted by molar-refractivity contribution is 5.97. The number of fused-ring (bicyclic) bond motifs is 1. The normalized spacial score (nSPS) is 16.2. The number of imidazole rings is 1. The van der Waals surface area contributed by atoms with Gasteiger partial charge in [0.15, 0.2) is 0 Å². The van der Waals surface area contributed by atoms with Crippen molar-refractivity contribution in [3.8, 4) is 0 Å². The molecular weight excluding hydrogens is 488 g/mol. The Morgan fingerprint density at radius 1 is 1.08 bits per heavy atom. The minimum Gasteiger partial charge on any atom is -0.383 e. The van der Waals surface area contributed by atoms with Gasteiger partial charge in [0.05, 0.1) is 29.4 Å². The molecule has 1 aliphatic heterocycles. The molecule has 2 amide bonds. The predicted octanol–water partition coefficient (Wildman–Crippen LogP) is 5.50. The molecule has 0 radical (unpaired) electrons. The second-order valence-corrected chi connectivity index (χ2v) is 10.3. The highest BCUT2D eigenvalue weighted by Crippen LogP contribution is 2.34. The zero-order chi connectivity index (χ0) is 27.5. The monoisotopic (exact) mass is 524 g/mol. The van der Waals surface area contributed by atoms with Crippen molar-refractivity contribution in [2.75, 3.05) is 30.1 Å². The fourth-order valence-electron chi connectivity index (χ4n) is 5.78. The number of benzene rings is 3. The van der Waals surface area contributed by atoms with Crippen LogP contribution in [-0.4, -0.2) is 47.7 Å². The van der Waals surface area contributed by atoms with Crippen LogP contribution in [0.2, 0.25) is 0 Å². The van der Waals surface area contributed by atoms with Crippen LogP contribution >= 0.6 is 0 Å². The van der Waals surface area contributed by atoms with Gasteiger partial charge in [-0.05, 0) is 55.7 Å². The molecule has 1 fully saturated rings. The van der Waals surface area contributed by atoms with Crippen molar-refractivity contribution in [1.82, 2.24) is 9.55 Å². The van der Waals surface area contributed by atoms with Gasteiger partial charge in [-0.2, -0.15) is 0 Å². The van der Waals surface area contributed by atoms with Gasteiger partial charge in [-0.15, -0.1) is 0 Å². The molecule has 4 aromatic rings. The summed E-state index contributed by atoms with van der Waals surface area (Å²) in [6, 6.07) is 23.6. The first kappa shape index (κ1) is 26.6. The molecule has 0 N–H and O–H groups in total. The smallest absolute Gasteiger partial charge is 0.247 e. The lowest BCUT2D eigenvalue weighted by atomic mass is 10.0. The van der Waals surface area contributed by atoms with E-state index >= 15 is 0 Å². The van der Waals surface area contributed by atoms with Crippen molar-refractivity contribution in [1.29, 1.82) is 0 Å². The van der Waals surface area contributed by atoms with Crippen molar-refractivity contribution in [2.45, 2.75) is 52.1 Å². The number of anilines is 2.